The van der Waals surface area contributed by atoms with Gasteiger partial charge in [-0.05, 0) is 62.3 Å². The van der Waals surface area contributed by atoms with E-state index in [0.29, 0.717) is 24.2 Å². The third-order valence-corrected chi connectivity index (χ3v) is 7.42. The lowest BCUT2D eigenvalue weighted by molar-refractivity contribution is -0.143. The quantitative estimate of drug-likeness (QED) is 0.624. The Morgan fingerprint density at radius 3 is 2.71 bits per heavy atom. The Morgan fingerprint density at radius 1 is 1.15 bits per heavy atom. The van der Waals surface area contributed by atoms with Crippen LogP contribution in [-0.4, -0.2) is 50.2 Å². The van der Waals surface area contributed by atoms with Gasteiger partial charge in [0.15, 0.2) is 17.5 Å². The van der Waals surface area contributed by atoms with Crippen LogP contribution in [0.25, 0.3) is 17.2 Å². The third-order valence-electron chi connectivity index (χ3n) is 7.42. The molecule has 2 aromatic rings. The number of imidazole rings is 1. The van der Waals surface area contributed by atoms with Gasteiger partial charge < -0.3 is 9.80 Å². The van der Waals surface area contributed by atoms with Crippen molar-refractivity contribution in [3.63, 3.8) is 0 Å². The summed E-state index contributed by atoms with van der Waals surface area (Å²) < 4.78 is 29.4. The number of halogens is 2. The van der Waals surface area contributed by atoms with Gasteiger partial charge in [-0.3, -0.25) is 9.36 Å². The number of fused-ring (bicyclic) bond motifs is 3. The molecule has 3 aliphatic heterocycles. The smallest absolute Gasteiger partial charge is 0.252 e. The lowest BCUT2D eigenvalue weighted by Gasteiger charge is -2.53. The van der Waals surface area contributed by atoms with E-state index in [9.17, 15) is 13.6 Å². The van der Waals surface area contributed by atoms with E-state index < -0.39 is 17.2 Å². The number of aromatic nitrogens is 2. The maximum Gasteiger partial charge on any atom is 0.252 e. The number of hydrogen-bond acceptors (Lipinski definition) is 4. The Balaban J connectivity index is 1.68. The van der Waals surface area contributed by atoms with E-state index >= 15 is 0 Å². The first-order chi connectivity index (χ1) is 16.4. The van der Waals surface area contributed by atoms with E-state index in [-0.39, 0.29) is 5.91 Å². The molecule has 0 saturated carbocycles. The highest BCUT2D eigenvalue weighted by Gasteiger charge is 2.52. The van der Waals surface area contributed by atoms with Crippen LogP contribution in [0.5, 0.6) is 0 Å². The molecular weight excluding hydrogens is 436 g/mol. The summed E-state index contributed by atoms with van der Waals surface area (Å²) in [6.07, 6.45) is 10.5. The van der Waals surface area contributed by atoms with Gasteiger partial charge in [-0.1, -0.05) is 19.9 Å². The van der Waals surface area contributed by atoms with Crippen molar-refractivity contribution in [1.82, 2.24) is 19.4 Å². The van der Waals surface area contributed by atoms with Gasteiger partial charge in [-0.15, -0.1) is 0 Å². The lowest BCUT2D eigenvalue weighted by Crippen LogP contribution is -2.67. The minimum absolute atomic E-state index is 0.131. The lowest BCUT2D eigenvalue weighted by atomic mass is 9.80. The standard InChI is InChI=1S/C26H29F2N5O/c1-4-17-9-11-21-24(33-14-7-6-12-26(33,5-2)25(34)31(21)3)30-23(17)32-15-13-29-22(32)18-8-10-19(27)20(28)16-18/h8,10-11,13,15-16H,4-7,9,12,14H2,1-3H3. The normalized spacial score (nSPS) is 22.8. The monoisotopic (exact) mass is 465 g/mol. The first kappa shape index (κ1) is 22.5. The van der Waals surface area contributed by atoms with Crippen molar-refractivity contribution in [2.45, 2.75) is 57.9 Å². The van der Waals surface area contributed by atoms with Gasteiger partial charge >= 0.3 is 0 Å². The molecule has 1 aromatic heterocycles. The highest BCUT2D eigenvalue weighted by Crippen LogP contribution is 2.41. The molecule has 3 aliphatic rings. The summed E-state index contributed by atoms with van der Waals surface area (Å²) >= 11 is 0. The number of hydrogen-bond donors (Lipinski definition) is 0. The molecule has 178 valence electrons. The van der Waals surface area contributed by atoms with Crippen LogP contribution >= 0.6 is 0 Å². The minimum Gasteiger partial charge on any atom is -0.340 e. The van der Waals surface area contributed by atoms with E-state index in [1.54, 1.807) is 17.3 Å². The maximum atomic E-state index is 14.0. The second-order valence-corrected chi connectivity index (χ2v) is 9.12. The second-order valence-electron chi connectivity index (χ2n) is 9.12. The van der Waals surface area contributed by atoms with Crippen LogP contribution in [0.15, 0.2) is 52.9 Å². The van der Waals surface area contributed by atoms with Crippen molar-refractivity contribution >= 4 is 17.6 Å². The van der Waals surface area contributed by atoms with Gasteiger partial charge in [0.05, 0.1) is 5.70 Å². The molecule has 1 atom stereocenters. The van der Waals surface area contributed by atoms with Crippen LogP contribution in [0.3, 0.4) is 0 Å². The van der Waals surface area contributed by atoms with Crippen LogP contribution < -0.4 is 0 Å². The first-order valence-corrected chi connectivity index (χ1v) is 12.0. The van der Waals surface area contributed by atoms with Crippen molar-refractivity contribution in [1.29, 1.82) is 0 Å². The number of amidine groups is 1. The summed E-state index contributed by atoms with van der Waals surface area (Å²) in [5.74, 6) is 0.335. The van der Waals surface area contributed by atoms with Crippen LogP contribution in [0, 0.1) is 11.6 Å². The molecule has 0 aliphatic carbocycles. The summed E-state index contributed by atoms with van der Waals surface area (Å²) in [5.41, 5.74) is 1.80. The number of nitrogens with zero attached hydrogens (tertiary/aromatic N) is 5. The fourth-order valence-corrected chi connectivity index (χ4v) is 5.48. The van der Waals surface area contributed by atoms with Gasteiger partial charge in [-0.2, -0.15) is 0 Å². The zero-order valence-corrected chi connectivity index (χ0v) is 19.8. The molecule has 0 radical (unpaired) electrons. The van der Waals surface area contributed by atoms with Crippen LogP contribution in [0.4, 0.5) is 8.78 Å². The number of rotatable bonds is 4. The second kappa shape index (κ2) is 8.49. The number of carbonyl (C=O) groups excluding carboxylic acids is 1. The minimum atomic E-state index is -0.915. The summed E-state index contributed by atoms with van der Waals surface area (Å²) in [4.78, 5) is 27.2. The van der Waals surface area contributed by atoms with Crippen LogP contribution in [-0.2, 0) is 4.79 Å². The number of benzene rings is 1. The van der Waals surface area contributed by atoms with E-state index in [2.05, 4.69) is 29.8 Å². The number of allylic oxidation sites excluding steroid dienone is 2. The molecule has 1 unspecified atom stereocenters. The molecule has 1 amide bonds. The number of carbonyl (C=O) groups is 1. The van der Waals surface area contributed by atoms with Gasteiger partial charge in [0.1, 0.15) is 17.2 Å². The number of piperazine rings is 1. The van der Waals surface area contributed by atoms with E-state index in [1.807, 2.05) is 11.6 Å². The van der Waals surface area contributed by atoms with Crippen molar-refractivity contribution < 1.29 is 13.6 Å². The molecule has 8 heteroatoms. The van der Waals surface area contributed by atoms with Crippen molar-refractivity contribution in [3.05, 3.63) is 59.6 Å². The fourth-order valence-electron chi connectivity index (χ4n) is 5.48. The number of likely N-dealkylation sites (N-methyl/N-ethyl adjacent to an activating group) is 1. The maximum absolute atomic E-state index is 14.0. The fraction of sp³-hybridized carbons (Fsp3) is 0.423. The Labute approximate surface area is 198 Å². The average Bonchev–Trinajstić information content (AvgIpc) is 3.25. The topological polar surface area (TPSA) is 53.7 Å². The Bertz CT molecular complexity index is 1240. The molecule has 5 rings (SSSR count). The zero-order valence-electron chi connectivity index (χ0n) is 19.8. The first-order valence-electron chi connectivity index (χ1n) is 12.0. The Hall–Kier alpha value is -3.29. The average molecular weight is 466 g/mol. The molecule has 6 nitrogen and oxygen atoms in total. The van der Waals surface area contributed by atoms with Crippen molar-refractivity contribution in [3.8, 4) is 11.4 Å². The van der Waals surface area contributed by atoms with Crippen LogP contribution in [0.2, 0.25) is 0 Å². The van der Waals surface area contributed by atoms with Gasteiger partial charge in [0.25, 0.3) is 5.91 Å². The van der Waals surface area contributed by atoms with E-state index in [0.717, 1.165) is 67.3 Å². The van der Waals surface area contributed by atoms with Crippen molar-refractivity contribution in [2.75, 3.05) is 13.6 Å². The van der Waals surface area contributed by atoms with Crippen LogP contribution in [0.1, 0.15) is 52.4 Å². The van der Waals surface area contributed by atoms with E-state index in [4.69, 9.17) is 4.99 Å². The predicted molar refractivity (Wildman–Crippen MR) is 128 cm³/mol. The Morgan fingerprint density at radius 2 is 1.97 bits per heavy atom. The molecule has 2 fully saturated rings. The SMILES string of the molecule is CCC1=C(n2ccnc2-c2ccc(F)c(F)c2)N=C2C(=CC1)N(C)C(=O)C1(CC)CCCCN21. The molecule has 34 heavy (non-hydrogen) atoms. The summed E-state index contributed by atoms with van der Waals surface area (Å²) in [5, 5.41) is 0. The number of amides is 1. The highest BCUT2D eigenvalue weighted by molar-refractivity contribution is 6.10. The predicted octanol–water partition coefficient (Wildman–Crippen LogP) is 5.20. The molecule has 0 bridgehead atoms. The number of aliphatic imine (C=N–C) groups is 1. The van der Waals surface area contributed by atoms with Gasteiger partial charge in [0.2, 0.25) is 0 Å². The van der Waals surface area contributed by atoms with Gasteiger partial charge in [-0.25, -0.2) is 18.8 Å². The summed E-state index contributed by atoms with van der Waals surface area (Å²) in [6, 6.07) is 3.80. The molecule has 1 aromatic carbocycles. The highest BCUT2D eigenvalue weighted by atomic mass is 19.2. The Kier molecular flexibility index (Phi) is 5.62. The van der Waals surface area contributed by atoms with E-state index in [1.165, 1.54) is 6.07 Å². The molecule has 4 heterocycles. The summed E-state index contributed by atoms with van der Waals surface area (Å²) in [7, 11) is 1.84. The summed E-state index contributed by atoms with van der Waals surface area (Å²) in [6.45, 7) is 4.92. The number of piperidine rings is 1. The van der Waals surface area contributed by atoms with Gasteiger partial charge in [0, 0.05) is 31.5 Å². The molecule has 0 spiro atoms. The molecule has 2 saturated heterocycles. The largest absolute Gasteiger partial charge is 0.340 e. The molecular formula is C26H29F2N5O. The third kappa shape index (κ3) is 3.30. The zero-order chi connectivity index (χ0) is 24.0. The molecule has 0 N–H and O–H groups in total. The van der Waals surface area contributed by atoms with Crippen molar-refractivity contribution in [2.24, 2.45) is 4.99 Å².